The Labute approximate surface area is 152 Å². The van der Waals surface area contributed by atoms with Gasteiger partial charge in [0, 0.05) is 44.7 Å². The van der Waals surface area contributed by atoms with Gasteiger partial charge in [0.25, 0.3) is 5.91 Å². The summed E-state index contributed by atoms with van der Waals surface area (Å²) in [6, 6.07) is 6.61. The molecule has 138 valence electrons. The molecule has 1 atom stereocenters. The molecule has 26 heavy (non-hydrogen) atoms. The third kappa shape index (κ3) is 3.51. The Morgan fingerprint density at radius 2 is 1.96 bits per heavy atom. The first-order chi connectivity index (χ1) is 12.6. The van der Waals surface area contributed by atoms with Crippen molar-refractivity contribution in [1.29, 1.82) is 0 Å². The Hall–Kier alpha value is -2.21. The van der Waals surface area contributed by atoms with E-state index in [4.69, 9.17) is 4.52 Å². The third-order valence-corrected chi connectivity index (χ3v) is 5.47. The fourth-order valence-corrected chi connectivity index (χ4v) is 3.85. The molecule has 2 heterocycles. The van der Waals surface area contributed by atoms with Crippen molar-refractivity contribution in [1.82, 2.24) is 15.0 Å². The van der Waals surface area contributed by atoms with E-state index in [-0.39, 0.29) is 11.7 Å². The van der Waals surface area contributed by atoms with Crippen LogP contribution in [0.4, 0.5) is 4.39 Å². The molecule has 5 nitrogen and oxygen atoms in total. The molecule has 2 aromatic rings. The molecule has 1 aliphatic carbocycles. The largest absolute Gasteiger partial charge is 0.360 e. The molecule has 4 rings (SSSR count). The standard InChI is InChI=1S/C20H24FN3O2/c1-14-2-7-18-17(12-14)19(22-26-18)20(25)24-10-8-23(9-11-24)13-15-3-5-16(21)6-4-15/h3-6,14H,2,7-13H2,1H3. The molecule has 1 fully saturated rings. The first kappa shape index (κ1) is 17.2. The molecular formula is C20H24FN3O2. The predicted molar refractivity (Wildman–Crippen MR) is 95.3 cm³/mol. The van der Waals surface area contributed by atoms with Gasteiger partial charge in [-0.25, -0.2) is 4.39 Å². The van der Waals surface area contributed by atoms with E-state index in [2.05, 4.69) is 17.0 Å². The zero-order chi connectivity index (χ0) is 18.1. The molecule has 0 radical (unpaired) electrons. The molecule has 1 amide bonds. The van der Waals surface area contributed by atoms with E-state index in [0.717, 1.165) is 55.8 Å². The van der Waals surface area contributed by atoms with E-state index in [9.17, 15) is 9.18 Å². The minimum atomic E-state index is -0.213. The summed E-state index contributed by atoms with van der Waals surface area (Å²) in [7, 11) is 0. The van der Waals surface area contributed by atoms with Crippen LogP contribution in [0, 0.1) is 11.7 Å². The van der Waals surface area contributed by atoms with E-state index < -0.39 is 0 Å². The summed E-state index contributed by atoms with van der Waals surface area (Å²) in [4.78, 5) is 17.0. The number of aryl methyl sites for hydroxylation is 1. The number of amides is 1. The van der Waals surface area contributed by atoms with Crippen molar-refractivity contribution in [3.8, 4) is 0 Å². The highest BCUT2D eigenvalue weighted by Gasteiger charge is 2.30. The summed E-state index contributed by atoms with van der Waals surface area (Å²) in [5.41, 5.74) is 2.62. The van der Waals surface area contributed by atoms with Gasteiger partial charge >= 0.3 is 0 Å². The first-order valence-electron chi connectivity index (χ1n) is 9.33. The maximum absolute atomic E-state index is 13.0. The van der Waals surface area contributed by atoms with Gasteiger partial charge in [0.1, 0.15) is 11.6 Å². The number of fused-ring (bicyclic) bond motifs is 1. The van der Waals surface area contributed by atoms with Crippen LogP contribution in [0.25, 0.3) is 0 Å². The van der Waals surface area contributed by atoms with Crippen LogP contribution >= 0.6 is 0 Å². The Balaban J connectivity index is 1.37. The fourth-order valence-electron chi connectivity index (χ4n) is 3.85. The second-order valence-corrected chi connectivity index (χ2v) is 7.48. The van der Waals surface area contributed by atoms with E-state index >= 15 is 0 Å². The lowest BCUT2D eigenvalue weighted by Gasteiger charge is -2.34. The molecule has 1 aromatic carbocycles. The predicted octanol–water partition coefficient (Wildman–Crippen LogP) is 2.90. The van der Waals surface area contributed by atoms with Crippen LogP contribution in [0.5, 0.6) is 0 Å². The van der Waals surface area contributed by atoms with Gasteiger partial charge in [0.15, 0.2) is 5.69 Å². The Morgan fingerprint density at radius 3 is 2.69 bits per heavy atom. The number of benzene rings is 1. The molecule has 0 N–H and O–H groups in total. The summed E-state index contributed by atoms with van der Waals surface area (Å²) in [6.07, 6.45) is 2.85. The maximum Gasteiger partial charge on any atom is 0.276 e. The van der Waals surface area contributed by atoms with Gasteiger partial charge < -0.3 is 9.42 Å². The SMILES string of the molecule is CC1CCc2onc(C(=O)N3CCN(Cc4ccc(F)cc4)CC3)c2C1. The third-order valence-electron chi connectivity index (χ3n) is 5.47. The van der Waals surface area contributed by atoms with E-state index in [0.29, 0.717) is 24.7 Å². The van der Waals surface area contributed by atoms with Crippen molar-refractivity contribution >= 4 is 5.91 Å². The van der Waals surface area contributed by atoms with Gasteiger partial charge in [0.2, 0.25) is 0 Å². The zero-order valence-corrected chi connectivity index (χ0v) is 15.1. The minimum Gasteiger partial charge on any atom is -0.360 e. The summed E-state index contributed by atoms with van der Waals surface area (Å²) in [6.45, 7) is 5.95. The van der Waals surface area contributed by atoms with Crippen LogP contribution < -0.4 is 0 Å². The lowest BCUT2D eigenvalue weighted by atomic mass is 9.88. The Kier molecular flexibility index (Phi) is 4.76. The van der Waals surface area contributed by atoms with Gasteiger partial charge in [-0.05, 0) is 36.5 Å². The van der Waals surface area contributed by atoms with Gasteiger partial charge in [-0.2, -0.15) is 0 Å². The van der Waals surface area contributed by atoms with Crippen LogP contribution in [0.1, 0.15) is 40.7 Å². The molecule has 1 unspecified atom stereocenters. The molecule has 0 saturated carbocycles. The van der Waals surface area contributed by atoms with Crippen molar-refractivity contribution in [3.05, 3.63) is 52.7 Å². The van der Waals surface area contributed by atoms with Crippen molar-refractivity contribution < 1.29 is 13.7 Å². The number of hydrogen-bond acceptors (Lipinski definition) is 4. The Bertz CT molecular complexity index is 779. The number of rotatable bonds is 3. The highest BCUT2D eigenvalue weighted by molar-refractivity contribution is 5.94. The second-order valence-electron chi connectivity index (χ2n) is 7.48. The highest BCUT2D eigenvalue weighted by atomic mass is 19.1. The molecule has 6 heteroatoms. The van der Waals surface area contributed by atoms with E-state index in [1.807, 2.05) is 17.0 Å². The number of aromatic nitrogens is 1. The molecule has 0 spiro atoms. The summed E-state index contributed by atoms with van der Waals surface area (Å²) in [5.74, 6) is 1.24. The van der Waals surface area contributed by atoms with Gasteiger partial charge in [-0.15, -0.1) is 0 Å². The normalized spacial score (nSPS) is 20.8. The average molecular weight is 357 g/mol. The topological polar surface area (TPSA) is 49.6 Å². The molecule has 1 saturated heterocycles. The number of piperazine rings is 1. The monoisotopic (exact) mass is 357 g/mol. The van der Waals surface area contributed by atoms with Crippen molar-refractivity contribution in [2.24, 2.45) is 5.92 Å². The van der Waals surface area contributed by atoms with Crippen molar-refractivity contribution in [3.63, 3.8) is 0 Å². The fraction of sp³-hybridized carbons (Fsp3) is 0.500. The lowest BCUT2D eigenvalue weighted by Crippen LogP contribution is -2.48. The molecule has 2 aliphatic rings. The second kappa shape index (κ2) is 7.19. The summed E-state index contributed by atoms with van der Waals surface area (Å²) >= 11 is 0. The quantitative estimate of drug-likeness (QED) is 0.848. The number of carbonyl (C=O) groups is 1. The highest BCUT2D eigenvalue weighted by Crippen LogP contribution is 2.28. The molecule has 1 aliphatic heterocycles. The summed E-state index contributed by atoms with van der Waals surface area (Å²) in [5, 5.41) is 4.09. The van der Waals surface area contributed by atoms with E-state index in [1.165, 1.54) is 12.1 Å². The van der Waals surface area contributed by atoms with Crippen LogP contribution in [0.15, 0.2) is 28.8 Å². The van der Waals surface area contributed by atoms with Crippen molar-refractivity contribution in [2.45, 2.75) is 32.7 Å². The Morgan fingerprint density at radius 1 is 1.23 bits per heavy atom. The average Bonchev–Trinajstić information content (AvgIpc) is 3.06. The first-order valence-corrected chi connectivity index (χ1v) is 9.33. The molecular weight excluding hydrogens is 333 g/mol. The number of halogens is 1. The maximum atomic E-state index is 13.0. The van der Waals surface area contributed by atoms with Gasteiger partial charge in [-0.1, -0.05) is 24.2 Å². The number of nitrogens with zero attached hydrogens (tertiary/aromatic N) is 3. The van der Waals surface area contributed by atoms with Gasteiger partial charge in [-0.3, -0.25) is 9.69 Å². The minimum absolute atomic E-state index is 0.00877. The molecule has 0 bridgehead atoms. The number of hydrogen-bond donors (Lipinski definition) is 0. The summed E-state index contributed by atoms with van der Waals surface area (Å²) < 4.78 is 18.4. The van der Waals surface area contributed by atoms with E-state index in [1.54, 1.807) is 0 Å². The zero-order valence-electron chi connectivity index (χ0n) is 15.1. The lowest BCUT2D eigenvalue weighted by molar-refractivity contribution is 0.0617. The van der Waals surface area contributed by atoms with Crippen LogP contribution in [0.3, 0.4) is 0 Å². The smallest absolute Gasteiger partial charge is 0.276 e. The van der Waals surface area contributed by atoms with Crippen LogP contribution in [0.2, 0.25) is 0 Å². The van der Waals surface area contributed by atoms with Crippen molar-refractivity contribution in [2.75, 3.05) is 26.2 Å². The van der Waals surface area contributed by atoms with Crippen LogP contribution in [-0.2, 0) is 19.4 Å². The number of carbonyl (C=O) groups excluding carboxylic acids is 1. The van der Waals surface area contributed by atoms with Gasteiger partial charge in [0.05, 0.1) is 0 Å². The molecule has 1 aromatic heterocycles. The van der Waals surface area contributed by atoms with Crippen LogP contribution in [-0.4, -0.2) is 47.0 Å².